The van der Waals surface area contributed by atoms with E-state index in [0.717, 1.165) is 18.3 Å². The molecular weight excluding hydrogens is 291 g/mol. The lowest BCUT2D eigenvalue weighted by atomic mass is 10.1. The van der Waals surface area contributed by atoms with Gasteiger partial charge < -0.3 is 5.11 Å². The maximum atomic E-state index is 12.4. The number of H-pyrrole nitrogens is 1. The Hall–Kier alpha value is -2.91. The molecule has 1 amide bonds. The Morgan fingerprint density at radius 3 is 2.76 bits per heavy atom. The number of benzene rings is 1. The van der Waals surface area contributed by atoms with Crippen molar-refractivity contribution >= 4 is 12.1 Å². The maximum Gasteiger partial charge on any atom is 0.416 e. The summed E-state index contributed by atoms with van der Waals surface area (Å²) in [6.45, 7) is 0. The number of carbonyl (C=O) groups is 1. The van der Waals surface area contributed by atoms with E-state index < -0.39 is 23.4 Å². The van der Waals surface area contributed by atoms with Gasteiger partial charge in [-0.3, -0.25) is 4.79 Å². The first-order valence-electron chi connectivity index (χ1n) is 5.47. The van der Waals surface area contributed by atoms with Crippen LogP contribution in [0.25, 0.3) is 0 Å². The van der Waals surface area contributed by atoms with Crippen molar-refractivity contribution in [3.8, 4) is 5.75 Å². The smallest absolute Gasteiger partial charge is 0.416 e. The second kappa shape index (κ2) is 5.61. The highest BCUT2D eigenvalue weighted by molar-refractivity contribution is 5.93. The number of nitrogens with one attached hydrogen (secondary N) is 2. The number of aromatic nitrogens is 3. The number of nitrogens with zero attached hydrogens (tertiary/aromatic N) is 3. The minimum absolute atomic E-state index is 0.0104. The Labute approximate surface area is 115 Å². The van der Waals surface area contributed by atoms with Crippen LogP contribution in [0.1, 0.15) is 21.6 Å². The zero-order valence-corrected chi connectivity index (χ0v) is 10.2. The second-order valence-electron chi connectivity index (χ2n) is 3.83. The first kappa shape index (κ1) is 14.5. The van der Waals surface area contributed by atoms with Crippen molar-refractivity contribution < 1.29 is 23.1 Å². The largest absolute Gasteiger partial charge is 0.507 e. The van der Waals surface area contributed by atoms with Crippen molar-refractivity contribution in [1.29, 1.82) is 0 Å². The number of halogens is 3. The molecule has 0 atom stereocenters. The van der Waals surface area contributed by atoms with Gasteiger partial charge in [0.2, 0.25) is 0 Å². The van der Waals surface area contributed by atoms with Crippen molar-refractivity contribution in [2.24, 2.45) is 5.10 Å². The molecular formula is C11H8F3N5O2. The molecule has 1 aromatic carbocycles. The molecule has 0 aliphatic carbocycles. The molecule has 0 aliphatic rings. The monoisotopic (exact) mass is 299 g/mol. The van der Waals surface area contributed by atoms with Crippen molar-refractivity contribution in [2.75, 3.05) is 0 Å². The zero-order valence-electron chi connectivity index (χ0n) is 10.2. The average molecular weight is 299 g/mol. The predicted molar refractivity (Wildman–Crippen MR) is 64.6 cm³/mol. The van der Waals surface area contributed by atoms with Crippen LogP contribution < -0.4 is 5.43 Å². The number of amides is 1. The summed E-state index contributed by atoms with van der Waals surface area (Å²) in [6, 6.07) is 2.39. The molecule has 0 fully saturated rings. The predicted octanol–water partition coefficient (Wildman–Crippen LogP) is 1.29. The highest BCUT2D eigenvalue weighted by Crippen LogP contribution is 2.32. The third-order valence-corrected chi connectivity index (χ3v) is 2.38. The summed E-state index contributed by atoms with van der Waals surface area (Å²) in [5, 5.41) is 22.1. The third-order valence-electron chi connectivity index (χ3n) is 2.38. The summed E-state index contributed by atoms with van der Waals surface area (Å²) in [7, 11) is 0. The number of aromatic amines is 1. The van der Waals surface area contributed by atoms with E-state index in [4.69, 9.17) is 0 Å². The number of hydrogen-bond acceptors (Lipinski definition) is 5. The summed E-state index contributed by atoms with van der Waals surface area (Å²) < 4.78 is 37.2. The zero-order chi connectivity index (χ0) is 15.5. The molecule has 0 bridgehead atoms. The fraction of sp³-hybridized carbons (Fsp3) is 0.0909. The molecule has 1 aromatic heterocycles. The molecule has 0 saturated heterocycles. The van der Waals surface area contributed by atoms with Gasteiger partial charge in [0.25, 0.3) is 5.91 Å². The summed E-state index contributed by atoms with van der Waals surface area (Å²) in [4.78, 5) is 11.4. The minimum atomic E-state index is -4.55. The van der Waals surface area contributed by atoms with Crippen molar-refractivity contribution in [1.82, 2.24) is 20.8 Å². The number of hydrazone groups is 1. The summed E-state index contributed by atoms with van der Waals surface area (Å²) in [6.07, 6.45) is -2.37. The van der Waals surface area contributed by atoms with Crippen LogP contribution in [-0.4, -0.2) is 32.6 Å². The molecule has 1 heterocycles. The summed E-state index contributed by atoms with van der Waals surface area (Å²) >= 11 is 0. The van der Waals surface area contributed by atoms with E-state index in [2.05, 4.69) is 25.9 Å². The molecule has 0 unspecified atom stereocenters. The van der Waals surface area contributed by atoms with Crippen LogP contribution in [0.4, 0.5) is 13.2 Å². The lowest BCUT2D eigenvalue weighted by Gasteiger charge is -2.07. The molecule has 2 aromatic rings. The van der Waals surface area contributed by atoms with Gasteiger partial charge in [-0.25, -0.2) is 5.43 Å². The number of rotatable bonds is 3. The molecule has 0 saturated carbocycles. The van der Waals surface area contributed by atoms with Crippen LogP contribution in [0, 0.1) is 0 Å². The van der Waals surface area contributed by atoms with E-state index in [1.807, 2.05) is 0 Å². The molecule has 0 aliphatic heterocycles. The van der Waals surface area contributed by atoms with Gasteiger partial charge in [-0.05, 0) is 18.2 Å². The molecule has 21 heavy (non-hydrogen) atoms. The van der Waals surface area contributed by atoms with Crippen LogP contribution in [0.15, 0.2) is 29.5 Å². The fourth-order valence-corrected chi connectivity index (χ4v) is 1.36. The van der Waals surface area contributed by atoms with Gasteiger partial charge in [-0.2, -0.15) is 33.7 Å². The second-order valence-corrected chi connectivity index (χ2v) is 3.83. The van der Waals surface area contributed by atoms with Crippen LogP contribution in [0.5, 0.6) is 5.75 Å². The van der Waals surface area contributed by atoms with Crippen LogP contribution in [-0.2, 0) is 6.18 Å². The maximum absolute atomic E-state index is 12.4. The highest BCUT2D eigenvalue weighted by Gasteiger charge is 2.30. The van der Waals surface area contributed by atoms with Crippen molar-refractivity contribution in [3.05, 3.63) is 41.2 Å². The molecule has 3 N–H and O–H groups in total. The fourth-order valence-electron chi connectivity index (χ4n) is 1.36. The van der Waals surface area contributed by atoms with Gasteiger partial charge >= 0.3 is 6.18 Å². The first-order valence-corrected chi connectivity index (χ1v) is 5.47. The van der Waals surface area contributed by atoms with Gasteiger partial charge in [-0.1, -0.05) is 0 Å². The molecule has 110 valence electrons. The number of aromatic hydroxyl groups is 1. The quantitative estimate of drug-likeness (QED) is 0.587. The summed E-state index contributed by atoms with van der Waals surface area (Å²) in [5.74, 6) is -1.27. The van der Waals surface area contributed by atoms with Crippen LogP contribution in [0.2, 0.25) is 0 Å². The SMILES string of the molecule is O=C(NN=Cc1ccc(C(F)(F)F)cc1O)c1cn[nH]n1. The van der Waals surface area contributed by atoms with E-state index in [9.17, 15) is 23.1 Å². The molecule has 0 radical (unpaired) electrons. The van der Waals surface area contributed by atoms with Crippen molar-refractivity contribution in [2.45, 2.75) is 6.18 Å². The van der Waals surface area contributed by atoms with Crippen LogP contribution in [0.3, 0.4) is 0 Å². The Balaban J connectivity index is 2.06. The Morgan fingerprint density at radius 1 is 1.43 bits per heavy atom. The number of carbonyl (C=O) groups excluding carboxylic acids is 1. The first-order chi connectivity index (χ1) is 9.88. The normalized spacial score (nSPS) is 11.8. The van der Waals surface area contributed by atoms with Gasteiger partial charge in [-0.15, -0.1) is 0 Å². The van der Waals surface area contributed by atoms with Gasteiger partial charge in [0.15, 0.2) is 5.69 Å². The molecule has 10 heteroatoms. The molecule has 2 rings (SSSR count). The van der Waals surface area contributed by atoms with Crippen LogP contribution >= 0.6 is 0 Å². The topological polar surface area (TPSA) is 103 Å². The lowest BCUT2D eigenvalue weighted by molar-refractivity contribution is -0.137. The van der Waals surface area contributed by atoms with Gasteiger partial charge in [0.1, 0.15) is 5.75 Å². The number of alkyl halides is 3. The molecule has 0 spiro atoms. The van der Waals surface area contributed by atoms with E-state index in [0.29, 0.717) is 6.07 Å². The van der Waals surface area contributed by atoms with E-state index >= 15 is 0 Å². The number of hydrogen-bond donors (Lipinski definition) is 3. The lowest BCUT2D eigenvalue weighted by Crippen LogP contribution is -2.18. The Morgan fingerprint density at radius 2 is 2.19 bits per heavy atom. The van der Waals surface area contributed by atoms with Gasteiger partial charge in [0, 0.05) is 5.56 Å². The number of phenolic OH excluding ortho intramolecular Hbond substituents is 1. The van der Waals surface area contributed by atoms with E-state index in [-0.39, 0.29) is 11.3 Å². The minimum Gasteiger partial charge on any atom is -0.507 e. The highest BCUT2D eigenvalue weighted by atomic mass is 19.4. The van der Waals surface area contributed by atoms with E-state index in [1.54, 1.807) is 0 Å². The number of phenols is 1. The Bertz CT molecular complexity index is 667. The summed E-state index contributed by atoms with van der Waals surface area (Å²) in [5.41, 5.74) is 1.10. The van der Waals surface area contributed by atoms with Gasteiger partial charge in [0.05, 0.1) is 18.0 Å². The molecule has 7 nitrogen and oxygen atoms in total. The van der Waals surface area contributed by atoms with E-state index in [1.165, 1.54) is 6.20 Å². The Kier molecular flexibility index (Phi) is 3.87. The standard InChI is InChI=1S/C11H8F3N5O2/c12-11(13,14)7-2-1-6(9(20)3-7)4-15-18-10(21)8-5-16-19-17-8/h1-5,20H,(H,18,21)(H,16,17,19). The van der Waals surface area contributed by atoms with Crippen molar-refractivity contribution in [3.63, 3.8) is 0 Å². The average Bonchev–Trinajstić information content (AvgIpc) is 2.93. The third kappa shape index (κ3) is 3.55.